The van der Waals surface area contributed by atoms with Gasteiger partial charge in [0.1, 0.15) is 5.75 Å². The summed E-state index contributed by atoms with van der Waals surface area (Å²) < 4.78 is 4.89. The predicted octanol–water partition coefficient (Wildman–Crippen LogP) is -0.617. The van der Waals surface area contributed by atoms with Crippen LogP contribution in [0.25, 0.3) is 5.73 Å². The number of nitrogens with one attached hydrogen (secondary N) is 1. The van der Waals surface area contributed by atoms with Crippen molar-refractivity contribution in [1.82, 2.24) is 0 Å². The van der Waals surface area contributed by atoms with E-state index in [1.807, 2.05) is 0 Å². The summed E-state index contributed by atoms with van der Waals surface area (Å²) >= 11 is 0. The van der Waals surface area contributed by atoms with Crippen molar-refractivity contribution in [2.45, 2.75) is 0 Å². The van der Waals surface area contributed by atoms with Crippen LogP contribution in [-0.2, 0) is 0 Å². The van der Waals surface area contributed by atoms with E-state index in [1.165, 1.54) is 0 Å². The fourth-order valence-corrected chi connectivity index (χ4v) is 0.591. The topological polar surface area (TPSA) is 33.0 Å². The van der Waals surface area contributed by atoms with E-state index in [0.29, 0.717) is 5.69 Å². The van der Waals surface area contributed by atoms with Crippen LogP contribution in [-0.4, -0.2) is 7.11 Å². The first-order chi connectivity index (χ1) is 4.33. The molecule has 3 heteroatoms. The smallest absolute Gasteiger partial charge is 0.699 e. The molecular formula is C7H8NNaO. The van der Waals surface area contributed by atoms with Crippen LogP contribution >= 0.6 is 0 Å². The van der Waals surface area contributed by atoms with Crippen molar-refractivity contribution in [3.63, 3.8) is 0 Å². The Kier molecular flexibility index (Phi) is 4.52. The van der Waals surface area contributed by atoms with Gasteiger partial charge >= 0.3 is 29.6 Å². The summed E-state index contributed by atoms with van der Waals surface area (Å²) in [5.41, 5.74) is 7.62. The molecule has 0 bridgehead atoms. The van der Waals surface area contributed by atoms with Gasteiger partial charge in [-0.1, -0.05) is 12.1 Å². The monoisotopic (exact) mass is 145 g/mol. The van der Waals surface area contributed by atoms with Gasteiger partial charge in [0.2, 0.25) is 0 Å². The normalized spacial score (nSPS) is 8.10. The van der Waals surface area contributed by atoms with E-state index in [4.69, 9.17) is 10.5 Å². The zero-order chi connectivity index (χ0) is 6.69. The van der Waals surface area contributed by atoms with Gasteiger partial charge in [0.25, 0.3) is 0 Å². The van der Waals surface area contributed by atoms with Crippen molar-refractivity contribution < 1.29 is 34.3 Å². The van der Waals surface area contributed by atoms with Gasteiger partial charge in [-0.3, -0.25) is 0 Å². The van der Waals surface area contributed by atoms with E-state index in [9.17, 15) is 0 Å². The largest absolute Gasteiger partial charge is 1.00 e. The molecule has 0 saturated carbocycles. The summed E-state index contributed by atoms with van der Waals surface area (Å²) in [6.07, 6.45) is 0. The number of hydrogen-bond acceptors (Lipinski definition) is 1. The van der Waals surface area contributed by atoms with Gasteiger partial charge in [-0.25, -0.2) is 0 Å². The molecule has 1 aromatic carbocycles. The maximum Gasteiger partial charge on any atom is 1.00 e. The van der Waals surface area contributed by atoms with E-state index < -0.39 is 0 Å². The Bertz CT molecular complexity index is 185. The van der Waals surface area contributed by atoms with Crippen LogP contribution < -0.4 is 34.3 Å². The third-order valence-corrected chi connectivity index (χ3v) is 1.09. The van der Waals surface area contributed by atoms with Crippen molar-refractivity contribution in [1.29, 1.82) is 0 Å². The molecule has 1 rings (SSSR count). The predicted molar refractivity (Wildman–Crippen MR) is 37.0 cm³/mol. The molecule has 0 aromatic heterocycles. The Morgan fingerprint density at radius 2 is 1.70 bits per heavy atom. The van der Waals surface area contributed by atoms with Gasteiger partial charge in [0.05, 0.1) is 7.11 Å². The second-order valence-electron chi connectivity index (χ2n) is 1.73. The molecule has 0 heterocycles. The molecule has 1 aromatic rings. The van der Waals surface area contributed by atoms with Gasteiger partial charge in [0.15, 0.2) is 0 Å². The molecule has 0 aliphatic rings. The summed E-state index contributed by atoms with van der Waals surface area (Å²) in [6.45, 7) is 0. The number of hydrogen-bond donors (Lipinski definition) is 0. The maximum atomic E-state index is 7.11. The maximum absolute atomic E-state index is 7.11. The fourth-order valence-electron chi connectivity index (χ4n) is 0.591. The molecule has 48 valence electrons. The van der Waals surface area contributed by atoms with Gasteiger partial charge in [-0.05, 0) is 12.1 Å². The minimum Gasteiger partial charge on any atom is -0.699 e. The summed E-state index contributed by atoms with van der Waals surface area (Å²) in [6, 6.07) is 6.92. The zero-order valence-corrected chi connectivity index (χ0v) is 8.22. The Balaban J connectivity index is 0.000000810. The van der Waals surface area contributed by atoms with Gasteiger partial charge in [-0.15, -0.1) is 5.69 Å². The number of benzene rings is 1. The van der Waals surface area contributed by atoms with Crippen LogP contribution in [0.3, 0.4) is 0 Å². The third-order valence-electron chi connectivity index (χ3n) is 1.09. The average Bonchev–Trinajstić information content (AvgIpc) is 1.90. The van der Waals surface area contributed by atoms with E-state index in [0.717, 1.165) is 5.75 Å². The Hall–Kier alpha value is -0.180. The van der Waals surface area contributed by atoms with Crippen molar-refractivity contribution >= 4 is 5.69 Å². The molecule has 2 nitrogen and oxygen atoms in total. The molecule has 0 aliphatic heterocycles. The molecule has 0 fully saturated rings. The van der Waals surface area contributed by atoms with Crippen LogP contribution in [0.5, 0.6) is 5.75 Å². The molecular weight excluding hydrogens is 137 g/mol. The van der Waals surface area contributed by atoms with Crippen LogP contribution in [0.1, 0.15) is 0 Å². The first-order valence-corrected chi connectivity index (χ1v) is 2.68. The minimum absolute atomic E-state index is 0. The first kappa shape index (κ1) is 9.82. The molecule has 1 N–H and O–H groups in total. The molecule has 0 amide bonds. The Morgan fingerprint density at radius 3 is 2.10 bits per heavy atom. The quantitative estimate of drug-likeness (QED) is 0.485. The van der Waals surface area contributed by atoms with Gasteiger partial charge in [0, 0.05) is 0 Å². The van der Waals surface area contributed by atoms with E-state index in [2.05, 4.69) is 0 Å². The fraction of sp³-hybridized carbons (Fsp3) is 0.143. The second-order valence-corrected chi connectivity index (χ2v) is 1.73. The molecule has 0 unspecified atom stereocenters. The number of methoxy groups -OCH3 is 1. The summed E-state index contributed by atoms with van der Waals surface area (Å²) in [4.78, 5) is 0. The van der Waals surface area contributed by atoms with E-state index >= 15 is 0 Å². The van der Waals surface area contributed by atoms with Crippen molar-refractivity contribution in [3.8, 4) is 5.75 Å². The van der Waals surface area contributed by atoms with Crippen molar-refractivity contribution in [2.75, 3.05) is 7.11 Å². The molecule has 0 spiro atoms. The first-order valence-electron chi connectivity index (χ1n) is 2.68. The molecule has 0 saturated heterocycles. The van der Waals surface area contributed by atoms with Crippen molar-refractivity contribution in [3.05, 3.63) is 30.0 Å². The summed E-state index contributed by atoms with van der Waals surface area (Å²) in [7, 11) is 1.61. The Morgan fingerprint density at radius 1 is 1.20 bits per heavy atom. The van der Waals surface area contributed by atoms with Crippen molar-refractivity contribution in [2.24, 2.45) is 0 Å². The minimum atomic E-state index is 0. The third kappa shape index (κ3) is 2.60. The Labute approximate surface area is 82.7 Å². The molecule has 0 radical (unpaired) electrons. The average molecular weight is 145 g/mol. The summed E-state index contributed by atoms with van der Waals surface area (Å²) in [5, 5.41) is 0. The standard InChI is InChI=1S/C7H8NO.Na/c1-9-7-4-2-6(8)3-5-7;/h2-5,8H,1H3;/q-1;+1. The van der Waals surface area contributed by atoms with Crippen LogP contribution in [0.4, 0.5) is 5.69 Å². The molecule has 0 aliphatic carbocycles. The van der Waals surface area contributed by atoms with Crippen LogP contribution in [0.2, 0.25) is 0 Å². The number of rotatable bonds is 1. The van der Waals surface area contributed by atoms with Gasteiger partial charge < -0.3 is 10.5 Å². The van der Waals surface area contributed by atoms with Gasteiger partial charge in [-0.2, -0.15) is 0 Å². The zero-order valence-electron chi connectivity index (χ0n) is 6.22. The van der Waals surface area contributed by atoms with E-state index in [1.54, 1.807) is 31.4 Å². The number of ether oxygens (including phenoxy) is 1. The second kappa shape index (κ2) is 4.61. The molecule has 0 atom stereocenters. The molecule has 10 heavy (non-hydrogen) atoms. The summed E-state index contributed by atoms with van der Waals surface area (Å²) in [5.74, 6) is 0.797. The van der Waals surface area contributed by atoms with E-state index in [-0.39, 0.29) is 29.6 Å². The SMILES string of the molecule is COc1ccc([NH-])cc1.[Na+]. The van der Waals surface area contributed by atoms with Crippen LogP contribution in [0.15, 0.2) is 24.3 Å². The van der Waals surface area contributed by atoms with Crippen LogP contribution in [0, 0.1) is 0 Å².